The number of hydrogen-bond donors (Lipinski definition) is 1. The predicted octanol–water partition coefficient (Wildman–Crippen LogP) is 4.53. The lowest BCUT2D eigenvalue weighted by atomic mass is 10.0. The Balaban J connectivity index is 1.68. The minimum Gasteiger partial charge on any atom is -0.486 e. The van der Waals surface area contributed by atoms with Crippen molar-refractivity contribution in [1.82, 2.24) is 9.97 Å². The molecule has 0 amide bonds. The number of rotatable bonds is 5. The maximum atomic E-state index is 5.71. The highest BCUT2D eigenvalue weighted by molar-refractivity contribution is 5.92. The molecule has 1 aliphatic rings. The smallest absolute Gasteiger partial charge is 0.161 e. The van der Waals surface area contributed by atoms with Crippen LogP contribution in [0.1, 0.15) is 20.3 Å². The molecule has 2 aromatic carbocycles. The first kappa shape index (κ1) is 16.6. The summed E-state index contributed by atoms with van der Waals surface area (Å²) < 4.78 is 11.3. The van der Waals surface area contributed by atoms with Crippen molar-refractivity contribution in [2.45, 2.75) is 20.3 Å². The van der Waals surface area contributed by atoms with Gasteiger partial charge in [-0.05, 0) is 47.7 Å². The summed E-state index contributed by atoms with van der Waals surface area (Å²) in [6.45, 7) is 6.54. The molecule has 1 N–H and O–H groups in total. The van der Waals surface area contributed by atoms with Crippen molar-refractivity contribution in [3.8, 4) is 22.6 Å². The SMILES string of the molecule is CC(C)CCNc1ncnc2ccc(-c3ccc4c(c3)OCCO4)cc12. The van der Waals surface area contributed by atoms with Gasteiger partial charge >= 0.3 is 0 Å². The third-order valence-corrected chi connectivity index (χ3v) is 4.52. The van der Waals surface area contributed by atoms with E-state index in [1.54, 1.807) is 6.33 Å². The topological polar surface area (TPSA) is 56.3 Å². The summed E-state index contributed by atoms with van der Waals surface area (Å²) in [5.74, 6) is 3.15. The quantitative estimate of drug-likeness (QED) is 0.733. The number of benzene rings is 2. The molecule has 2 heterocycles. The minimum atomic E-state index is 0.589. The Bertz CT molecular complexity index is 924. The van der Waals surface area contributed by atoms with Gasteiger partial charge in [-0.1, -0.05) is 26.0 Å². The van der Waals surface area contributed by atoms with E-state index in [-0.39, 0.29) is 0 Å². The Kier molecular flexibility index (Phi) is 4.61. The standard InChI is InChI=1S/C21H23N3O2/c1-14(2)7-8-22-21-17-11-15(3-5-18(17)23-13-24-21)16-4-6-19-20(12-16)26-10-9-25-19/h3-6,11-14H,7-10H2,1-2H3,(H,22,23,24). The van der Waals surface area contributed by atoms with Gasteiger partial charge in [0.05, 0.1) is 5.52 Å². The summed E-state index contributed by atoms with van der Waals surface area (Å²) in [7, 11) is 0. The first-order valence-corrected chi connectivity index (χ1v) is 9.09. The van der Waals surface area contributed by atoms with Crippen LogP contribution in [0.15, 0.2) is 42.7 Å². The molecule has 134 valence electrons. The normalized spacial score (nSPS) is 13.2. The Labute approximate surface area is 153 Å². The molecule has 3 aromatic rings. The van der Waals surface area contributed by atoms with Gasteiger partial charge in [0, 0.05) is 11.9 Å². The highest BCUT2D eigenvalue weighted by atomic mass is 16.6. The van der Waals surface area contributed by atoms with Gasteiger partial charge in [-0.3, -0.25) is 0 Å². The summed E-state index contributed by atoms with van der Waals surface area (Å²) in [5.41, 5.74) is 3.14. The molecule has 1 aliphatic heterocycles. The van der Waals surface area contributed by atoms with E-state index < -0.39 is 0 Å². The van der Waals surface area contributed by atoms with Crippen molar-refractivity contribution >= 4 is 16.7 Å². The Morgan fingerprint density at radius 3 is 2.58 bits per heavy atom. The van der Waals surface area contributed by atoms with Gasteiger partial charge in [0.15, 0.2) is 11.5 Å². The Morgan fingerprint density at radius 2 is 1.73 bits per heavy atom. The summed E-state index contributed by atoms with van der Waals surface area (Å²) in [6, 6.07) is 12.3. The van der Waals surface area contributed by atoms with E-state index >= 15 is 0 Å². The van der Waals surface area contributed by atoms with E-state index in [0.29, 0.717) is 19.1 Å². The van der Waals surface area contributed by atoms with Crippen LogP contribution in [0.2, 0.25) is 0 Å². The molecular weight excluding hydrogens is 326 g/mol. The number of aromatic nitrogens is 2. The summed E-state index contributed by atoms with van der Waals surface area (Å²) in [5, 5.41) is 4.48. The number of ether oxygens (including phenoxy) is 2. The van der Waals surface area contributed by atoms with Crippen LogP contribution in [0.4, 0.5) is 5.82 Å². The molecule has 0 atom stereocenters. The van der Waals surface area contributed by atoms with Gasteiger partial charge in [0.25, 0.3) is 0 Å². The van der Waals surface area contributed by atoms with Crippen molar-refractivity contribution in [3.63, 3.8) is 0 Å². The van der Waals surface area contributed by atoms with Gasteiger partial charge in [0.2, 0.25) is 0 Å². The lowest BCUT2D eigenvalue weighted by Crippen LogP contribution is -2.15. The molecule has 0 saturated carbocycles. The van der Waals surface area contributed by atoms with Crippen LogP contribution in [-0.2, 0) is 0 Å². The maximum absolute atomic E-state index is 5.71. The molecule has 1 aromatic heterocycles. The van der Waals surface area contributed by atoms with Gasteiger partial charge < -0.3 is 14.8 Å². The van der Waals surface area contributed by atoms with Crippen LogP contribution in [0, 0.1) is 5.92 Å². The Hall–Kier alpha value is -2.82. The molecule has 0 unspecified atom stereocenters. The third kappa shape index (κ3) is 3.43. The average Bonchev–Trinajstić information content (AvgIpc) is 2.67. The third-order valence-electron chi connectivity index (χ3n) is 4.52. The molecule has 4 rings (SSSR count). The zero-order valence-electron chi connectivity index (χ0n) is 15.2. The van der Waals surface area contributed by atoms with Crippen molar-refractivity contribution in [2.24, 2.45) is 5.92 Å². The molecule has 26 heavy (non-hydrogen) atoms. The Morgan fingerprint density at radius 1 is 0.962 bits per heavy atom. The monoisotopic (exact) mass is 349 g/mol. The average molecular weight is 349 g/mol. The molecule has 0 saturated heterocycles. The van der Waals surface area contributed by atoms with E-state index in [9.17, 15) is 0 Å². The lowest BCUT2D eigenvalue weighted by molar-refractivity contribution is 0.171. The van der Waals surface area contributed by atoms with Crippen molar-refractivity contribution in [2.75, 3.05) is 25.1 Å². The van der Waals surface area contributed by atoms with Crippen molar-refractivity contribution in [3.05, 3.63) is 42.7 Å². The van der Waals surface area contributed by atoms with Crippen LogP contribution in [0.5, 0.6) is 11.5 Å². The largest absolute Gasteiger partial charge is 0.486 e. The van der Waals surface area contributed by atoms with Crippen LogP contribution in [0.25, 0.3) is 22.0 Å². The number of hydrogen-bond acceptors (Lipinski definition) is 5. The second-order valence-corrected chi connectivity index (χ2v) is 6.92. The van der Waals surface area contributed by atoms with E-state index in [2.05, 4.69) is 47.3 Å². The summed E-state index contributed by atoms with van der Waals surface area (Å²) in [4.78, 5) is 8.84. The highest BCUT2D eigenvalue weighted by Gasteiger charge is 2.13. The van der Waals surface area contributed by atoms with Crippen LogP contribution < -0.4 is 14.8 Å². The fraction of sp³-hybridized carbons (Fsp3) is 0.333. The molecular formula is C21H23N3O2. The minimum absolute atomic E-state index is 0.589. The van der Waals surface area contributed by atoms with Gasteiger partial charge in [-0.25, -0.2) is 9.97 Å². The van der Waals surface area contributed by atoms with Crippen molar-refractivity contribution in [1.29, 1.82) is 0 Å². The molecule has 0 fully saturated rings. The van der Waals surface area contributed by atoms with Gasteiger partial charge in [0.1, 0.15) is 25.4 Å². The highest BCUT2D eigenvalue weighted by Crippen LogP contribution is 2.35. The first-order chi connectivity index (χ1) is 12.7. The number of nitrogens with one attached hydrogen (secondary N) is 1. The predicted molar refractivity (Wildman–Crippen MR) is 104 cm³/mol. The molecule has 0 bridgehead atoms. The van der Waals surface area contributed by atoms with E-state index in [1.807, 2.05) is 18.2 Å². The number of nitrogens with zero attached hydrogens (tertiary/aromatic N) is 2. The van der Waals surface area contributed by atoms with Crippen LogP contribution in [-0.4, -0.2) is 29.7 Å². The second-order valence-electron chi connectivity index (χ2n) is 6.92. The summed E-state index contributed by atoms with van der Waals surface area (Å²) >= 11 is 0. The van der Waals surface area contributed by atoms with Crippen LogP contribution in [0.3, 0.4) is 0 Å². The van der Waals surface area contributed by atoms with Gasteiger partial charge in [-0.15, -0.1) is 0 Å². The van der Waals surface area contributed by atoms with E-state index in [1.165, 1.54) is 0 Å². The zero-order valence-corrected chi connectivity index (χ0v) is 15.2. The van der Waals surface area contributed by atoms with E-state index in [0.717, 1.165) is 52.3 Å². The second kappa shape index (κ2) is 7.20. The molecule has 5 nitrogen and oxygen atoms in total. The van der Waals surface area contributed by atoms with Crippen molar-refractivity contribution < 1.29 is 9.47 Å². The fourth-order valence-corrected chi connectivity index (χ4v) is 3.08. The molecule has 0 radical (unpaired) electrons. The zero-order chi connectivity index (χ0) is 17.9. The number of fused-ring (bicyclic) bond motifs is 2. The van der Waals surface area contributed by atoms with E-state index in [4.69, 9.17) is 9.47 Å². The summed E-state index contributed by atoms with van der Waals surface area (Å²) in [6.07, 6.45) is 2.72. The molecule has 0 spiro atoms. The fourth-order valence-electron chi connectivity index (χ4n) is 3.08. The van der Waals surface area contributed by atoms with Gasteiger partial charge in [-0.2, -0.15) is 0 Å². The first-order valence-electron chi connectivity index (χ1n) is 9.09. The van der Waals surface area contributed by atoms with Crippen LogP contribution >= 0.6 is 0 Å². The lowest BCUT2D eigenvalue weighted by Gasteiger charge is -2.19. The molecule has 5 heteroatoms. The number of anilines is 1. The molecule has 0 aliphatic carbocycles. The maximum Gasteiger partial charge on any atom is 0.161 e.